The second kappa shape index (κ2) is 4.67. The average molecular weight is 205 g/mol. The summed E-state index contributed by atoms with van der Waals surface area (Å²) in [6.45, 7) is 4.22. The molecule has 0 spiro atoms. The van der Waals surface area contributed by atoms with E-state index in [0.717, 1.165) is 25.3 Å². The van der Waals surface area contributed by atoms with Gasteiger partial charge < -0.3 is 10.1 Å². The van der Waals surface area contributed by atoms with E-state index >= 15 is 0 Å². The minimum atomic E-state index is 0.628. The van der Waals surface area contributed by atoms with Crippen molar-refractivity contribution in [1.82, 2.24) is 5.32 Å². The molecule has 2 heteroatoms. The van der Waals surface area contributed by atoms with Crippen molar-refractivity contribution in [2.24, 2.45) is 0 Å². The predicted octanol–water partition coefficient (Wildman–Crippen LogP) is 2.33. The van der Waals surface area contributed by atoms with Crippen molar-refractivity contribution < 1.29 is 4.74 Å². The second-order valence-electron chi connectivity index (χ2n) is 4.26. The van der Waals surface area contributed by atoms with Gasteiger partial charge in [0.15, 0.2) is 0 Å². The van der Waals surface area contributed by atoms with Crippen LogP contribution in [0.1, 0.15) is 30.4 Å². The van der Waals surface area contributed by atoms with Gasteiger partial charge in [0.25, 0.3) is 0 Å². The van der Waals surface area contributed by atoms with E-state index in [4.69, 9.17) is 4.74 Å². The van der Waals surface area contributed by atoms with Crippen LogP contribution in [0.25, 0.3) is 0 Å². The molecule has 1 aliphatic heterocycles. The van der Waals surface area contributed by atoms with Crippen molar-refractivity contribution in [2.45, 2.75) is 25.7 Å². The fraction of sp³-hybridized carbons (Fsp3) is 0.538. The highest BCUT2D eigenvalue weighted by atomic mass is 16.5. The van der Waals surface area contributed by atoms with E-state index in [9.17, 15) is 0 Å². The largest absolute Gasteiger partial charge is 0.493 e. The Balaban J connectivity index is 2.08. The molecule has 0 aliphatic carbocycles. The van der Waals surface area contributed by atoms with Crippen molar-refractivity contribution >= 4 is 0 Å². The van der Waals surface area contributed by atoms with E-state index in [1.807, 2.05) is 7.05 Å². The van der Waals surface area contributed by atoms with Crippen LogP contribution in [-0.4, -0.2) is 20.2 Å². The van der Waals surface area contributed by atoms with Crippen LogP contribution >= 0.6 is 0 Å². The summed E-state index contributed by atoms with van der Waals surface area (Å²) in [5.74, 6) is 1.71. The molecule has 0 amide bonds. The van der Waals surface area contributed by atoms with E-state index in [2.05, 4.69) is 30.4 Å². The lowest BCUT2D eigenvalue weighted by molar-refractivity contribution is 0.357. The fourth-order valence-corrected chi connectivity index (χ4v) is 2.04. The van der Waals surface area contributed by atoms with Crippen LogP contribution in [0.2, 0.25) is 0 Å². The van der Waals surface area contributed by atoms with E-state index < -0.39 is 0 Å². The SMILES string of the molecule is CNCCC(C)c1ccc2c(c1)CCO2. The summed E-state index contributed by atoms with van der Waals surface area (Å²) in [5, 5.41) is 3.20. The molecule has 1 atom stereocenters. The standard InChI is InChI=1S/C13H19NO/c1-10(5-7-14-2)11-3-4-13-12(9-11)6-8-15-13/h3-4,9-10,14H,5-8H2,1-2H3. The van der Waals surface area contributed by atoms with Gasteiger partial charge >= 0.3 is 0 Å². The van der Waals surface area contributed by atoms with Crippen LogP contribution in [0.3, 0.4) is 0 Å². The van der Waals surface area contributed by atoms with Gasteiger partial charge in [0.2, 0.25) is 0 Å². The molecule has 0 saturated carbocycles. The average Bonchev–Trinajstić information content (AvgIpc) is 2.72. The van der Waals surface area contributed by atoms with Crippen molar-refractivity contribution in [3.05, 3.63) is 29.3 Å². The molecular formula is C13H19NO. The summed E-state index contributed by atoms with van der Waals surface area (Å²) in [4.78, 5) is 0. The van der Waals surface area contributed by atoms with Crippen LogP contribution in [0.15, 0.2) is 18.2 Å². The van der Waals surface area contributed by atoms with Crippen molar-refractivity contribution in [2.75, 3.05) is 20.2 Å². The number of fused-ring (bicyclic) bond motifs is 1. The topological polar surface area (TPSA) is 21.3 Å². The fourth-order valence-electron chi connectivity index (χ4n) is 2.04. The van der Waals surface area contributed by atoms with Crippen molar-refractivity contribution in [3.8, 4) is 5.75 Å². The third-order valence-corrected chi connectivity index (χ3v) is 3.11. The third kappa shape index (κ3) is 2.32. The zero-order valence-electron chi connectivity index (χ0n) is 9.55. The van der Waals surface area contributed by atoms with Crippen molar-refractivity contribution in [3.63, 3.8) is 0 Å². The lowest BCUT2D eigenvalue weighted by Crippen LogP contribution is -2.10. The highest BCUT2D eigenvalue weighted by Crippen LogP contribution is 2.29. The molecular weight excluding hydrogens is 186 g/mol. The van der Waals surface area contributed by atoms with Gasteiger partial charge in [-0.15, -0.1) is 0 Å². The molecule has 0 saturated heterocycles. The minimum Gasteiger partial charge on any atom is -0.493 e. The van der Waals surface area contributed by atoms with E-state index in [-0.39, 0.29) is 0 Å². The molecule has 82 valence electrons. The van der Waals surface area contributed by atoms with Gasteiger partial charge in [-0.2, -0.15) is 0 Å². The summed E-state index contributed by atoms with van der Waals surface area (Å²) in [5.41, 5.74) is 2.82. The third-order valence-electron chi connectivity index (χ3n) is 3.11. The van der Waals surface area contributed by atoms with Gasteiger partial charge in [-0.3, -0.25) is 0 Å². The molecule has 1 unspecified atom stereocenters. The normalized spacial score (nSPS) is 15.9. The number of ether oxygens (including phenoxy) is 1. The first-order chi connectivity index (χ1) is 7.31. The zero-order chi connectivity index (χ0) is 10.7. The molecule has 0 fully saturated rings. The van der Waals surface area contributed by atoms with Gasteiger partial charge in [0, 0.05) is 6.42 Å². The number of hydrogen-bond donors (Lipinski definition) is 1. The monoisotopic (exact) mass is 205 g/mol. The summed E-state index contributed by atoms with van der Waals surface area (Å²) in [7, 11) is 2.00. The quantitative estimate of drug-likeness (QED) is 0.814. The maximum Gasteiger partial charge on any atom is 0.122 e. The zero-order valence-corrected chi connectivity index (χ0v) is 9.55. The van der Waals surface area contributed by atoms with Crippen molar-refractivity contribution in [1.29, 1.82) is 0 Å². The maximum atomic E-state index is 5.50. The molecule has 1 heterocycles. The molecule has 1 N–H and O–H groups in total. The Kier molecular flexibility index (Phi) is 3.27. The van der Waals surface area contributed by atoms with Crippen LogP contribution in [0.5, 0.6) is 5.75 Å². The molecule has 15 heavy (non-hydrogen) atoms. The number of benzene rings is 1. The van der Waals surface area contributed by atoms with Gasteiger partial charge in [-0.25, -0.2) is 0 Å². The molecule has 1 aromatic rings. The van der Waals surface area contributed by atoms with Gasteiger partial charge in [-0.05, 0) is 43.1 Å². The summed E-state index contributed by atoms with van der Waals surface area (Å²) in [6, 6.07) is 6.63. The summed E-state index contributed by atoms with van der Waals surface area (Å²) in [6.07, 6.45) is 2.26. The maximum absolute atomic E-state index is 5.50. The first-order valence-electron chi connectivity index (χ1n) is 5.71. The first kappa shape index (κ1) is 10.5. The Morgan fingerprint density at radius 1 is 1.47 bits per heavy atom. The Hall–Kier alpha value is -1.02. The van der Waals surface area contributed by atoms with Crippen LogP contribution in [-0.2, 0) is 6.42 Å². The number of nitrogens with one attached hydrogen (secondary N) is 1. The van der Waals surface area contributed by atoms with E-state index in [1.54, 1.807) is 0 Å². The van der Waals surface area contributed by atoms with Gasteiger partial charge in [-0.1, -0.05) is 19.1 Å². The Morgan fingerprint density at radius 2 is 2.33 bits per heavy atom. The number of rotatable bonds is 4. The van der Waals surface area contributed by atoms with Gasteiger partial charge in [0.1, 0.15) is 5.75 Å². The molecule has 0 radical (unpaired) electrons. The molecule has 2 nitrogen and oxygen atoms in total. The van der Waals surface area contributed by atoms with E-state index in [0.29, 0.717) is 5.92 Å². The summed E-state index contributed by atoms with van der Waals surface area (Å²) < 4.78 is 5.50. The Bertz CT molecular complexity index is 335. The minimum absolute atomic E-state index is 0.628. The molecule has 0 aromatic heterocycles. The Morgan fingerprint density at radius 3 is 3.13 bits per heavy atom. The van der Waals surface area contributed by atoms with Crippen LogP contribution < -0.4 is 10.1 Å². The lowest BCUT2D eigenvalue weighted by Gasteiger charge is -2.12. The smallest absolute Gasteiger partial charge is 0.122 e. The summed E-state index contributed by atoms with van der Waals surface area (Å²) >= 11 is 0. The predicted molar refractivity (Wildman–Crippen MR) is 62.6 cm³/mol. The molecule has 0 bridgehead atoms. The van der Waals surface area contributed by atoms with E-state index in [1.165, 1.54) is 17.5 Å². The molecule has 1 aromatic carbocycles. The lowest BCUT2D eigenvalue weighted by atomic mass is 9.95. The van der Waals surface area contributed by atoms with Crippen LogP contribution in [0, 0.1) is 0 Å². The van der Waals surface area contributed by atoms with Gasteiger partial charge in [0.05, 0.1) is 6.61 Å². The first-order valence-corrected chi connectivity index (χ1v) is 5.71. The highest BCUT2D eigenvalue weighted by molar-refractivity contribution is 5.40. The Labute approximate surface area is 91.6 Å². The second-order valence-corrected chi connectivity index (χ2v) is 4.26. The molecule has 2 rings (SSSR count). The molecule has 1 aliphatic rings. The van der Waals surface area contributed by atoms with Crippen LogP contribution in [0.4, 0.5) is 0 Å². The number of hydrogen-bond acceptors (Lipinski definition) is 2. The highest BCUT2D eigenvalue weighted by Gasteiger charge is 2.14.